The highest BCUT2D eigenvalue weighted by molar-refractivity contribution is 5.69. The van der Waals surface area contributed by atoms with Crippen LogP contribution in [-0.2, 0) is 9.53 Å². The molecule has 0 aliphatic carbocycles. The molecule has 1 atom stereocenters. The van der Waals surface area contributed by atoms with E-state index >= 15 is 0 Å². The average molecular weight is 214 g/mol. The van der Waals surface area contributed by atoms with Gasteiger partial charge in [-0.1, -0.05) is 48.5 Å². The maximum absolute atomic E-state index is 11.3. The lowest BCUT2D eigenvalue weighted by Gasteiger charge is -2.34. The Kier molecular flexibility index (Phi) is 4.82. The van der Waals surface area contributed by atoms with Gasteiger partial charge in [0.05, 0.1) is 0 Å². The summed E-state index contributed by atoms with van der Waals surface area (Å²) in [5.41, 5.74) is 0.198. The van der Waals surface area contributed by atoms with E-state index in [1.54, 1.807) is 0 Å². The van der Waals surface area contributed by atoms with Crippen LogP contribution in [0.4, 0.5) is 0 Å². The number of hydrogen-bond acceptors (Lipinski definition) is 2. The van der Waals surface area contributed by atoms with Crippen molar-refractivity contribution in [3.05, 3.63) is 0 Å². The van der Waals surface area contributed by atoms with Crippen LogP contribution in [0.5, 0.6) is 0 Å². The van der Waals surface area contributed by atoms with Gasteiger partial charge in [0.15, 0.2) is 0 Å². The molecule has 0 bridgehead atoms. The van der Waals surface area contributed by atoms with E-state index in [2.05, 4.69) is 41.5 Å². The summed E-state index contributed by atoms with van der Waals surface area (Å²) in [6, 6.07) is 0. The second kappa shape index (κ2) is 5.00. The molecule has 0 radical (unpaired) electrons. The molecule has 0 amide bonds. The molecule has 0 unspecified atom stereocenters. The predicted octanol–water partition coefficient (Wildman–Crippen LogP) is 3.79. The van der Waals surface area contributed by atoms with Gasteiger partial charge in [0, 0.05) is 6.42 Å². The van der Waals surface area contributed by atoms with Gasteiger partial charge in [0.25, 0.3) is 0 Å². The van der Waals surface area contributed by atoms with Crippen LogP contribution in [0.1, 0.15) is 61.3 Å². The largest absolute Gasteiger partial charge is 0.462 e. The third-order valence-electron chi connectivity index (χ3n) is 2.33. The molecule has 90 valence electrons. The number of carbonyl (C=O) groups is 1. The highest BCUT2D eigenvalue weighted by Gasteiger charge is 2.31. The standard InChI is InChI=1S/C13H26O2/c1-8-11(14)15-10(13(5,6)7)9-12(2,3)4/h10H,8-9H2,1-7H3/t10-/m1/s1. The van der Waals surface area contributed by atoms with Gasteiger partial charge in [-0.15, -0.1) is 0 Å². The van der Waals surface area contributed by atoms with Crippen LogP contribution >= 0.6 is 0 Å². The second-order valence-corrected chi connectivity index (χ2v) is 6.46. The quantitative estimate of drug-likeness (QED) is 0.668. The van der Waals surface area contributed by atoms with E-state index in [0.29, 0.717) is 6.42 Å². The zero-order valence-electron chi connectivity index (χ0n) is 11.3. The van der Waals surface area contributed by atoms with Crippen LogP contribution in [-0.4, -0.2) is 12.1 Å². The van der Waals surface area contributed by atoms with Gasteiger partial charge >= 0.3 is 5.97 Å². The first-order valence-electron chi connectivity index (χ1n) is 5.76. The van der Waals surface area contributed by atoms with Crippen molar-refractivity contribution in [2.75, 3.05) is 0 Å². The molecule has 0 aliphatic heterocycles. The van der Waals surface area contributed by atoms with Crippen molar-refractivity contribution in [1.29, 1.82) is 0 Å². The molecule has 0 heterocycles. The molecule has 0 aromatic rings. The Morgan fingerprint density at radius 2 is 1.60 bits per heavy atom. The van der Waals surface area contributed by atoms with Gasteiger partial charge in [0.2, 0.25) is 0 Å². The van der Waals surface area contributed by atoms with Crippen LogP contribution in [0, 0.1) is 10.8 Å². The molecule has 0 aromatic carbocycles. The van der Waals surface area contributed by atoms with Crippen molar-refractivity contribution in [3.8, 4) is 0 Å². The van der Waals surface area contributed by atoms with E-state index in [1.165, 1.54) is 0 Å². The summed E-state index contributed by atoms with van der Waals surface area (Å²) in [6.07, 6.45) is 1.36. The van der Waals surface area contributed by atoms with Crippen LogP contribution in [0.2, 0.25) is 0 Å². The van der Waals surface area contributed by atoms with Gasteiger partial charge in [0.1, 0.15) is 6.10 Å². The maximum Gasteiger partial charge on any atom is 0.305 e. The normalized spacial score (nSPS) is 14.9. The molecule has 0 saturated carbocycles. The molecule has 0 N–H and O–H groups in total. The number of hydrogen-bond donors (Lipinski definition) is 0. The number of esters is 1. The molecule has 0 fully saturated rings. The van der Waals surface area contributed by atoms with Crippen LogP contribution in [0.25, 0.3) is 0 Å². The third kappa shape index (κ3) is 6.53. The van der Waals surface area contributed by atoms with Gasteiger partial charge < -0.3 is 4.74 Å². The van der Waals surface area contributed by atoms with E-state index in [0.717, 1.165) is 6.42 Å². The summed E-state index contributed by atoms with van der Waals surface area (Å²) in [5.74, 6) is -0.0980. The zero-order chi connectivity index (χ0) is 12.3. The Balaban J connectivity index is 4.54. The third-order valence-corrected chi connectivity index (χ3v) is 2.33. The fourth-order valence-electron chi connectivity index (χ4n) is 1.32. The topological polar surface area (TPSA) is 26.3 Å². The van der Waals surface area contributed by atoms with E-state index in [9.17, 15) is 4.79 Å². The summed E-state index contributed by atoms with van der Waals surface area (Å²) in [7, 11) is 0. The highest BCUT2D eigenvalue weighted by atomic mass is 16.5. The Morgan fingerprint density at radius 1 is 1.13 bits per heavy atom. The van der Waals surface area contributed by atoms with Gasteiger partial charge in [-0.05, 0) is 17.3 Å². The second-order valence-electron chi connectivity index (χ2n) is 6.46. The van der Waals surface area contributed by atoms with Gasteiger partial charge in [-0.25, -0.2) is 0 Å². The first kappa shape index (κ1) is 14.5. The molecular weight excluding hydrogens is 188 g/mol. The van der Waals surface area contributed by atoms with Crippen molar-refractivity contribution in [3.63, 3.8) is 0 Å². The molecule has 0 aliphatic rings. The Morgan fingerprint density at radius 3 is 1.87 bits per heavy atom. The first-order chi connectivity index (χ1) is 6.56. The fraction of sp³-hybridized carbons (Fsp3) is 0.923. The summed E-state index contributed by atoms with van der Waals surface area (Å²) in [5, 5.41) is 0. The SMILES string of the molecule is CCC(=O)O[C@H](CC(C)(C)C)C(C)(C)C. The van der Waals surface area contributed by atoms with Crippen molar-refractivity contribution < 1.29 is 9.53 Å². The van der Waals surface area contributed by atoms with Gasteiger partial charge in [-0.2, -0.15) is 0 Å². The number of rotatable bonds is 3. The highest BCUT2D eigenvalue weighted by Crippen LogP contribution is 2.32. The van der Waals surface area contributed by atoms with Gasteiger partial charge in [-0.3, -0.25) is 4.79 Å². The summed E-state index contributed by atoms with van der Waals surface area (Å²) in [6.45, 7) is 14.7. The van der Waals surface area contributed by atoms with Crippen molar-refractivity contribution in [2.24, 2.45) is 10.8 Å². The lowest BCUT2D eigenvalue weighted by Crippen LogP contribution is -2.35. The van der Waals surface area contributed by atoms with E-state index < -0.39 is 0 Å². The van der Waals surface area contributed by atoms with Crippen molar-refractivity contribution in [2.45, 2.75) is 67.4 Å². The van der Waals surface area contributed by atoms with Crippen LogP contribution in [0.3, 0.4) is 0 Å². The lowest BCUT2D eigenvalue weighted by atomic mass is 9.78. The monoisotopic (exact) mass is 214 g/mol. The number of carbonyl (C=O) groups excluding carboxylic acids is 1. The molecular formula is C13H26O2. The molecule has 0 rings (SSSR count). The van der Waals surface area contributed by atoms with Crippen molar-refractivity contribution >= 4 is 5.97 Å². The smallest absolute Gasteiger partial charge is 0.305 e. The van der Waals surface area contributed by atoms with E-state index in [4.69, 9.17) is 4.74 Å². The number of ether oxygens (including phenoxy) is 1. The fourth-order valence-corrected chi connectivity index (χ4v) is 1.32. The minimum absolute atomic E-state index is 0.00458. The molecule has 15 heavy (non-hydrogen) atoms. The zero-order valence-corrected chi connectivity index (χ0v) is 11.3. The Labute approximate surface area is 94.4 Å². The predicted molar refractivity (Wildman–Crippen MR) is 63.7 cm³/mol. The van der Waals surface area contributed by atoms with Crippen LogP contribution < -0.4 is 0 Å². The Hall–Kier alpha value is -0.530. The summed E-state index contributed by atoms with van der Waals surface area (Å²) in [4.78, 5) is 11.3. The summed E-state index contributed by atoms with van der Waals surface area (Å²) >= 11 is 0. The molecule has 0 aromatic heterocycles. The minimum atomic E-state index is -0.0980. The Bertz CT molecular complexity index is 206. The van der Waals surface area contributed by atoms with E-state index in [-0.39, 0.29) is 22.9 Å². The molecule has 0 spiro atoms. The first-order valence-corrected chi connectivity index (χ1v) is 5.76. The van der Waals surface area contributed by atoms with Crippen molar-refractivity contribution in [1.82, 2.24) is 0 Å². The molecule has 0 saturated heterocycles. The lowest BCUT2D eigenvalue weighted by molar-refractivity contribution is -0.156. The maximum atomic E-state index is 11.3. The molecule has 2 nitrogen and oxygen atoms in total. The molecule has 2 heteroatoms. The van der Waals surface area contributed by atoms with Crippen LogP contribution in [0.15, 0.2) is 0 Å². The minimum Gasteiger partial charge on any atom is -0.462 e. The average Bonchev–Trinajstić information content (AvgIpc) is 1.98. The summed E-state index contributed by atoms with van der Waals surface area (Å²) < 4.78 is 5.50. The van der Waals surface area contributed by atoms with E-state index in [1.807, 2.05) is 6.92 Å².